The van der Waals surface area contributed by atoms with Crippen LogP contribution in [0.25, 0.3) is 0 Å². The molecule has 19 heavy (non-hydrogen) atoms. The van der Waals surface area contributed by atoms with E-state index in [1.807, 2.05) is 5.38 Å². The van der Waals surface area contributed by atoms with Crippen LogP contribution in [0.3, 0.4) is 0 Å². The molecular weight excluding hydrogens is 264 g/mol. The van der Waals surface area contributed by atoms with Crippen molar-refractivity contribution < 1.29 is 9.53 Å². The summed E-state index contributed by atoms with van der Waals surface area (Å²) in [5, 5.41) is 5.08. The number of nitrogens with one attached hydrogen (secondary N) is 1. The molecule has 0 saturated carbocycles. The van der Waals surface area contributed by atoms with Crippen LogP contribution in [0.2, 0.25) is 0 Å². The first-order chi connectivity index (χ1) is 9.20. The zero-order valence-electron chi connectivity index (χ0n) is 10.4. The summed E-state index contributed by atoms with van der Waals surface area (Å²) >= 11 is 1.56. The van der Waals surface area contributed by atoms with Gasteiger partial charge in [-0.05, 0) is 12.1 Å². The van der Waals surface area contributed by atoms with Gasteiger partial charge in [-0.2, -0.15) is 0 Å². The van der Waals surface area contributed by atoms with Crippen LogP contribution in [0.5, 0.6) is 0 Å². The number of carbonyl (C=O) groups is 1. The van der Waals surface area contributed by atoms with E-state index in [1.165, 1.54) is 13.2 Å². The van der Waals surface area contributed by atoms with Gasteiger partial charge in [0, 0.05) is 18.3 Å². The molecule has 0 aliphatic heterocycles. The molecule has 0 aliphatic carbocycles. The lowest BCUT2D eigenvalue weighted by molar-refractivity contribution is 0.0594. The van der Waals surface area contributed by atoms with Gasteiger partial charge in [0.2, 0.25) is 0 Å². The number of nitrogen functional groups attached to an aromatic ring is 1. The molecule has 0 unspecified atom stereocenters. The topological polar surface area (TPSA) is 90.1 Å². The standard InChI is InChI=1S/C12H14N4O2S/c1-18-12(17)10-3-2-9(13)11(16-10)14-5-4-8-6-19-7-15-8/h2-3,6-7H,4-5,13H2,1H3,(H,14,16). The number of pyridine rings is 1. The van der Waals surface area contributed by atoms with Crippen molar-refractivity contribution in [2.75, 3.05) is 24.7 Å². The lowest BCUT2D eigenvalue weighted by Crippen LogP contribution is -2.12. The fourth-order valence-corrected chi connectivity index (χ4v) is 2.09. The van der Waals surface area contributed by atoms with E-state index in [1.54, 1.807) is 22.9 Å². The molecule has 7 heteroatoms. The lowest BCUT2D eigenvalue weighted by atomic mass is 10.3. The van der Waals surface area contributed by atoms with E-state index >= 15 is 0 Å². The number of methoxy groups -OCH3 is 1. The molecule has 0 saturated heterocycles. The van der Waals surface area contributed by atoms with Crippen LogP contribution in [0.4, 0.5) is 11.5 Å². The molecule has 100 valence electrons. The molecule has 2 aromatic heterocycles. The highest BCUT2D eigenvalue weighted by Crippen LogP contribution is 2.16. The highest BCUT2D eigenvalue weighted by atomic mass is 32.1. The van der Waals surface area contributed by atoms with E-state index < -0.39 is 5.97 Å². The van der Waals surface area contributed by atoms with Crippen molar-refractivity contribution >= 4 is 28.8 Å². The second-order valence-corrected chi connectivity index (χ2v) is 4.50. The van der Waals surface area contributed by atoms with Gasteiger partial charge in [-0.25, -0.2) is 14.8 Å². The van der Waals surface area contributed by atoms with E-state index in [9.17, 15) is 4.79 Å². The number of ether oxygens (including phenoxy) is 1. The fraction of sp³-hybridized carbons (Fsp3) is 0.250. The monoisotopic (exact) mass is 278 g/mol. The molecule has 0 aromatic carbocycles. The lowest BCUT2D eigenvalue weighted by Gasteiger charge is -2.08. The summed E-state index contributed by atoms with van der Waals surface area (Å²) < 4.78 is 4.62. The molecular formula is C12H14N4O2S. The normalized spacial score (nSPS) is 10.2. The van der Waals surface area contributed by atoms with Crippen molar-refractivity contribution in [3.8, 4) is 0 Å². The first-order valence-corrected chi connectivity index (χ1v) is 6.60. The van der Waals surface area contributed by atoms with Gasteiger partial charge < -0.3 is 15.8 Å². The van der Waals surface area contributed by atoms with Crippen LogP contribution < -0.4 is 11.1 Å². The highest BCUT2D eigenvalue weighted by molar-refractivity contribution is 7.07. The number of anilines is 2. The second kappa shape index (κ2) is 6.14. The van der Waals surface area contributed by atoms with Gasteiger partial charge in [0.05, 0.1) is 24.0 Å². The van der Waals surface area contributed by atoms with E-state index in [-0.39, 0.29) is 5.69 Å². The van der Waals surface area contributed by atoms with Crippen molar-refractivity contribution in [1.82, 2.24) is 9.97 Å². The Morgan fingerprint density at radius 3 is 3.05 bits per heavy atom. The number of nitrogens with zero attached hydrogens (tertiary/aromatic N) is 2. The molecule has 2 aromatic rings. The van der Waals surface area contributed by atoms with Crippen LogP contribution in [0.15, 0.2) is 23.0 Å². The van der Waals surface area contributed by atoms with Crippen molar-refractivity contribution in [1.29, 1.82) is 0 Å². The Morgan fingerprint density at radius 1 is 1.53 bits per heavy atom. The highest BCUT2D eigenvalue weighted by Gasteiger charge is 2.10. The van der Waals surface area contributed by atoms with E-state index in [0.717, 1.165) is 12.1 Å². The molecule has 0 spiro atoms. The molecule has 0 amide bonds. The Hall–Kier alpha value is -2.15. The number of esters is 1. The number of aromatic nitrogens is 2. The minimum atomic E-state index is -0.484. The number of thiazole rings is 1. The third kappa shape index (κ3) is 3.41. The Kier molecular flexibility index (Phi) is 4.30. The molecule has 0 bridgehead atoms. The van der Waals surface area contributed by atoms with Crippen molar-refractivity contribution in [2.24, 2.45) is 0 Å². The summed E-state index contributed by atoms with van der Waals surface area (Å²) in [7, 11) is 1.32. The second-order valence-electron chi connectivity index (χ2n) is 3.78. The minimum absolute atomic E-state index is 0.229. The van der Waals surface area contributed by atoms with Crippen LogP contribution in [0.1, 0.15) is 16.2 Å². The molecule has 0 atom stereocenters. The molecule has 0 aliphatic rings. The van der Waals surface area contributed by atoms with Gasteiger partial charge in [0.1, 0.15) is 5.82 Å². The quantitative estimate of drug-likeness (QED) is 0.807. The third-order valence-electron chi connectivity index (χ3n) is 2.48. The number of hydrogen-bond acceptors (Lipinski definition) is 7. The average Bonchev–Trinajstić information content (AvgIpc) is 2.93. The number of nitrogens with two attached hydrogens (primary N) is 1. The Labute approximate surface area is 114 Å². The van der Waals surface area contributed by atoms with Gasteiger partial charge in [-0.1, -0.05) is 0 Å². The van der Waals surface area contributed by atoms with E-state index in [0.29, 0.717) is 18.1 Å². The predicted molar refractivity (Wildman–Crippen MR) is 74.3 cm³/mol. The molecule has 0 radical (unpaired) electrons. The van der Waals surface area contributed by atoms with Crippen molar-refractivity contribution in [3.63, 3.8) is 0 Å². The number of rotatable bonds is 5. The molecule has 2 rings (SSSR count). The van der Waals surface area contributed by atoms with Gasteiger partial charge in [-0.15, -0.1) is 11.3 Å². The summed E-state index contributed by atoms with van der Waals surface area (Å²) in [6.07, 6.45) is 0.771. The Balaban J connectivity index is 2.00. The third-order valence-corrected chi connectivity index (χ3v) is 3.11. The maximum atomic E-state index is 11.4. The molecule has 3 N–H and O–H groups in total. The first kappa shape index (κ1) is 13.3. The smallest absolute Gasteiger partial charge is 0.356 e. The zero-order chi connectivity index (χ0) is 13.7. The van der Waals surface area contributed by atoms with Gasteiger partial charge in [0.25, 0.3) is 0 Å². The van der Waals surface area contributed by atoms with Crippen molar-refractivity contribution in [3.05, 3.63) is 34.4 Å². The van der Waals surface area contributed by atoms with Crippen LogP contribution in [0, 0.1) is 0 Å². The Morgan fingerprint density at radius 2 is 2.37 bits per heavy atom. The SMILES string of the molecule is COC(=O)c1ccc(N)c(NCCc2cscn2)n1. The Bertz CT molecular complexity index is 557. The van der Waals surface area contributed by atoms with Crippen LogP contribution in [-0.2, 0) is 11.2 Å². The molecule has 0 fully saturated rings. The summed E-state index contributed by atoms with van der Waals surface area (Å²) in [5.41, 5.74) is 9.33. The van der Waals surface area contributed by atoms with Gasteiger partial charge in [0.15, 0.2) is 5.69 Å². The first-order valence-electron chi connectivity index (χ1n) is 5.66. The average molecular weight is 278 g/mol. The minimum Gasteiger partial charge on any atom is -0.464 e. The van der Waals surface area contributed by atoms with E-state index in [2.05, 4.69) is 20.0 Å². The summed E-state index contributed by atoms with van der Waals surface area (Å²) in [4.78, 5) is 19.7. The molecule has 6 nitrogen and oxygen atoms in total. The summed E-state index contributed by atoms with van der Waals surface area (Å²) in [6.45, 7) is 0.644. The van der Waals surface area contributed by atoms with Crippen LogP contribution in [-0.4, -0.2) is 29.6 Å². The summed E-state index contributed by atoms with van der Waals surface area (Å²) in [5.74, 6) is 0.000630. The number of carbonyl (C=O) groups excluding carboxylic acids is 1. The van der Waals surface area contributed by atoms with Crippen LogP contribution >= 0.6 is 11.3 Å². The number of hydrogen-bond donors (Lipinski definition) is 2. The van der Waals surface area contributed by atoms with Gasteiger partial charge in [-0.3, -0.25) is 0 Å². The van der Waals surface area contributed by atoms with Crippen molar-refractivity contribution in [2.45, 2.75) is 6.42 Å². The fourth-order valence-electron chi connectivity index (χ4n) is 1.50. The zero-order valence-corrected chi connectivity index (χ0v) is 11.2. The predicted octanol–water partition coefficient (Wildman–Crippen LogP) is 1.56. The largest absolute Gasteiger partial charge is 0.464 e. The maximum absolute atomic E-state index is 11.4. The van der Waals surface area contributed by atoms with Gasteiger partial charge >= 0.3 is 5.97 Å². The summed E-state index contributed by atoms with van der Waals surface area (Å²) in [6, 6.07) is 3.16. The molecule has 2 heterocycles. The van der Waals surface area contributed by atoms with E-state index in [4.69, 9.17) is 5.73 Å². The maximum Gasteiger partial charge on any atom is 0.356 e.